The molecule has 1 atom stereocenters. The number of aliphatic hydroxyl groups excluding tert-OH is 1. The molecule has 0 saturated carbocycles. The van der Waals surface area contributed by atoms with Gasteiger partial charge in [0, 0.05) is 18.8 Å². The Balaban J connectivity index is 1.92. The number of carbonyl (C=O) groups excluding carboxylic acids is 1. The van der Waals surface area contributed by atoms with E-state index in [2.05, 4.69) is 20.7 Å². The lowest BCUT2D eigenvalue weighted by atomic mass is 10.1. The van der Waals surface area contributed by atoms with Gasteiger partial charge in [-0.25, -0.2) is 14.5 Å². The third kappa shape index (κ3) is 5.34. The summed E-state index contributed by atoms with van der Waals surface area (Å²) in [6, 6.07) is 7.42. The topological polar surface area (TPSA) is 92.1 Å². The number of aromatic nitrogens is 3. The van der Waals surface area contributed by atoms with Crippen LogP contribution < -0.4 is 10.6 Å². The van der Waals surface area contributed by atoms with Gasteiger partial charge in [0.1, 0.15) is 11.6 Å². The Bertz CT molecular complexity index is 683. The molecule has 1 aromatic heterocycles. The number of nitrogens with zero attached hydrogens (tertiary/aromatic N) is 3. The van der Waals surface area contributed by atoms with E-state index < -0.39 is 0 Å². The zero-order valence-electron chi connectivity index (χ0n) is 14.4. The maximum Gasteiger partial charge on any atom is 0.319 e. The van der Waals surface area contributed by atoms with E-state index in [9.17, 15) is 4.79 Å². The molecule has 0 aliphatic carbocycles. The third-order valence-electron chi connectivity index (χ3n) is 3.71. The van der Waals surface area contributed by atoms with Crippen LogP contribution in [0.3, 0.4) is 0 Å². The Kier molecular flexibility index (Phi) is 6.31. The number of urea groups is 1. The summed E-state index contributed by atoms with van der Waals surface area (Å²) >= 11 is 0. The zero-order valence-corrected chi connectivity index (χ0v) is 14.4. The van der Waals surface area contributed by atoms with Crippen molar-refractivity contribution in [2.75, 3.05) is 18.5 Å². The predicted molar refractivity (Wildman–Crippen MR) is 92.9 cm³/mol. The summed E-state index contributed by atoms with van der Waals surface area (Å²) in [6.45, 7) is 7.04. The highest BCUT2D eigenvalue weighted by Crippen LogP contribution is 2.12. The molecule has 0 saturated heterocycles. The summed E-state index contributed by atoms with van der Waals surface area (Å²) in [6.07, 6.45) is 0.673. The second kappa shape index (κ2) is 8.44. The summed E-state index contributed by atoms with van der Waals surface area (Å²) in [4.78, 5) is 16.2. The number of nitrogens with one attached hydrogen (secondary N) is 2. The molecule has 7 heteroatoms. The molecule has 7 nitrogen and oxygen atoms in total. The van der Waals surface area contributed by atoms with Crippen LogP contribution in [-0.2, 0) is 6.54 Å². The van der Waals surface area contributed by atoms with Gasteiger partial charge >= 0.3 is 6.03 Å². The minimum Gasteiger partial charge on any atom is -0.396 e. The van der Waals surface area contributed by atoms with Crippen LogP contribution in [0.5, 0.6) is 0 Å². The molecule has 2 rings (SSSR count). The lowest BCUT2D eigenvalue weighted by molar-refractivity contribution is 0.243. The lowest BCUT2D eigenvalue weighted by Crippen LogP contribution is -2.32. The second-order valence-electron chi connectivity index (χ2n) is 6.02. The van der Waals surface area contributed by atoms with Crippen LogP contribution in [0.25, 0.3) is 0 Å². The highest BCUT2D eigenvalue weighted by Gasteiger charge is 2.07. The minimum atomic E-state index is -0.246. The van der Waals surface area contributed by atoms with E-state index in [0.29, 0.717) is 19.5 Å². The Morgan fingerprint density at radius 1 is 1.38 bits per heavy atom. The Morgan fingerprint density at radius 2 is 2.17 bits per heavy atom. The highest BCUT2D eigenvalue weighted by atomic mass is 16.3. The molecule has 0 aliphatic heterocycles. The predicted octanol–water partition coefficient (Wildman–Crippen LogP) is 2.08. The van der Waals surface area contributed by atoms with E-state index in [0.717, 1.165) is 22.9 Å². The SMILES string of the molecule is Cc1nc(C)n(Cc2cccc(NC(=O)NCC(C)CCO)c2)n1. The first-order chi connectivity index (χ1) is 11.5. The van der Waals surface area contributed by atoms with Gasteiger partial charge in [-0.05, 0) is 43.9 Å². The second-order valence-corrected chi connectivity index (χ2v) is 6.02. The zero-order chi connectivity index (χ0) is 17.5. The van der Waals surface area contributed by atoms with Gasteiger partial charge in [0.25, 0.3) is 0 Å². The fourth-order valence-electron chi connectivity index (χ4n) is 2.40. The van der Waals surface area contributed by atoms with Crippen molar-refractivity contribution in [1.82, 2.24) is 20.1 Å². The van der Waals surface area contributed by atoms with Crippen molar-refractivity contribution in [3.63, 3.8) is 0 Å². The number of amides is 2. The molecule has 0 radical (unpaired) electrons. The molecule has 0 aliphatic rings. The van der Waals surface area contributed by atoms with Gasteiger partial charge in [-0.1, -0.05) is 19.1 Å². The average molecular weight is 331 g/mol. The van der Waals surface area contributed by atoms with Crippen LogP contribution in [0, 0.1) is 19.8 Å². The number of aryl methyl sites for hydroxylation is 2. The van der Waals surface area contributed by atoms with Gasteiger partial charge in [0.05, 0.1) is 6.54 Å². The van der Waals surface area contributed by atoms with Crippen LogP contribution in [-0.4, -0.2) is 39.1 Å². The molecular formula is C17H25N5O2. The van der Waals surface area contributed by atoms with Crippen LogP contribution >= 0.6 is 0 Å². The maximum absolute atomic E-state index is 11.9. The fourth-order valence-corrected chi connectivity index (χ4v) is 2.40. The van der Waals surface area contributed by atoms with E-state index in [1.807, 2.05) is 49.7 Å². The molecule has 2 aromatic rings. The van der Waals surface area contributed by atoms with Crippen molar-refractivity contribution in [2.24, 2.45) is 5.92 Å². The van der Waals surface area contributed by atoms with Crippen LogP contribution in [0.4, 0.5) is 10.5 Å². The number of aliphatic hydroxyl groups is 1. The molecule has 3 N–H and O–H groups in total. The van der Waals surface area contributed by atoms with Crippen LogP contribution in [0.2, 0.25) is 0 Å². The van der Waals surface area contributed by atoms with Crippen molar-refractivity contribution in [3.05, 3.63) is 41.5 Å². The molecule has 1 heterocycles. The molecule has 0 bridgehead atoms. The van der Waals surface area contributed by atoms with Gasteiger partial charge < -0.3 is 15.7 Å². The van der Waals surface area contributed by atoms with Crippen molar-refractivity contribution in [3.8, 4) is 0 Å². The Morgan fingerprint density at radius 3 is 2.83 bits per heavy atom. The molecule has 0 spiro atoms. The number of hydrogen-bond donors (Lipinski definition) is 3. The van der Waals surface area contributed by atoms with Gasteiger partial charge in [0.15, 0.2) is 0 Å². The van der Waals surface area contributed by atoms with E-state index in [4.69, 9.17) is 5.11 Å². The largest absolute Gasteiger partial charge is 0.396 e. The van der Waals surface area contributed by atoms with Gasteiger partial charge in [-0.3, -0.25) is 0 Å². The first kappa shape index (κ1) is 17.9. The molecule has 2 amide bonds. The van der Waals surface area contributed by atoms with E-state index in [-0.39, 0.29) is 18.6 Å². The fraction of sp³-hybridized carbons (Fsp3) is 0.471. The van der Waals surface area contributed by atoms with E-state index >= 15 is 0 Å². The Hall–Kier alpha value is -2.41. The summed E-state index contributed by atoms with van der Waals surface area (Å²) in [5, 5.41) is 18.9. The van der Waals surface area contributed by atoms with Gasteiger partial charge in [-0.2, -0.15) is 5.10 Å². The van der Waals surface area contributed by atoms with Crippen LogP contribution in [0.1, 0.15) is 30.6 Å². The molecular weight excluding hydrogens is 306 g/mol. The summed E-state index contributed by atoms with van der Waals surface area (Å²) in [7, 11) is 0. The molecule has 1 aromatic carbocycles. The number of anilines is 1. The lowest BCUT2D eigenvalue weighted by Gasteiger charge is -2.12. The van der Waals surface area contributed by atoms with Crippen molar-refractivity contribution in [1.29, 1.82) is 0 Å². The first-order valence-electron chi connectivity index (χ1n) is 8.10. The van der Waals surface area contributed by atoms with Crippen molar-refractivity contribution < 1.29 is 9.90 Å². The molecule has 0 fully saturated rings. The molecule has 1 unspecified atom stereocenters. The number of benzene rings is 1. The molecule has 130 valence electrons. The van der Waals surface area contributed by atoms with E-state index in [1.165, 1.54) is 0 Å². The smallest absolute Gasteiger partial charge is 0.319 e. The normalized spacial score (nSPS) is 12.0. The Labute approximate surface area is 142 Å². The maximum atomic E-state index is 11.9. The monoisotopic (exact) mass is 331 g/mol. The molecule has 24 heavy (non-hydrogen) atoms. The number of hydrogen-bond acceptors (Lipinski definition) is 4. The van der Waals surface area contributed by atoms with Gasteiger partial charge in [-0.15, -0.1) is 0 Å². The number of rotatable bonds is 7. The quantitative estimate of drug-likeness (QED) is 0.724. The average Bonchev–Trinajstić information content (AvgIpc) is 2.83. The standard InChI is InChI=1S/C17H25N5O2/c1-12(7-8-23)10-18-17(24)20-16-6-4-5-15(9-16)11-22-14(3)19-13(2)21-22/h4-6,9,12,23H,7-8,10-11H2,1-3H3,(H2,18,20,24). The first-order valence-corrected chi connectivity index (χ1v) is 8.10. The third-order valence-corrected chi connectivity index (χ3v) is 3.71. The minimum absolute atomic E-state index is 0.133. The summed E-state index contributed by atoms with van der Waals surface area (Å²) < 4.78 is 1.84. The number of carbonyl (C=O) groups is 1. The van der Waals surface area contributed by atoms with Crippen LogP contribution in [0.15, 0.2) is 24.3 Å². The summed E-state index contributed by atoms with van der Waals surface area (Å²) in [5.41, 5.74) is 1.77. The van der Waals surface area contributed by atoms with Crippen molar-refractivity contribution >= 4 is 11.7 Å². The highest BCUT2D eigenvalue weighted by molar-refractivity contribution is 5.89. The van der Waals surface area contributed by atoms with Gasteiger partial charge in [0.2, 0.25) is 0 Å². The van der Waals surface area contributed by atoms with E-state index in [1.54, 1.807) is 0 Å². The van der Waals surface area contributed by atoms with Crippen molar-refractivity contribution in [2.45, 2.75) is 33.7 Å². The summed E-state index contributed by atoms with van der Waals surface area (Å²) in [5.74, 6) is 1.85.